The van der Waals surface area contributed by atoms with Crippen LogP contribution in [0.1, 0.15) is 98.5 Å². The van der Waals surface area contributed by atoms with Gasteiger partial charge in [0.15, 0.2) is 0 Å². The van der Waals surface area contributed by atoms with Gasteiger partial charge in [0.05, 0.1) is 6.61 Å². The zero-order valence-corrected chi connectivity index (χ0v) is 21.8. The van der Waals surface area contributed by atoms with Gasteiger partial charge in [-0.1, -0.05) is 47.6 Å². The molecule has 0 aromatic heterocycles. The van der Waals surface area contributed by atoms with Crippen LogP contribution in [0, 0.1) is 18.3 Å². The maximum atomic E-state index is 11.7. The van der Waals surface area contributed by atoms with Crippen LogP contribution in [0.3, 0.4) is 0 Å². The Morgan fingerprint density at radius 1 is 1.00 bits per heavy atom. The van der Waals surface area contributed by atoms with E-state index in [2.05, 4.69) is 57.7 Å². The van der Waals surface area contributed by atoms with Crippen molar-refractivity contribution in [3.8, 4) is 5.75 Å². The van der Waals surface area contributed by atoms with E-state index in [1.807, 2.05) is 13.8 Å². The highest BCUT2D eigenvalue weighted by Crippen LogP contribution is 2.28. The predicted octanol–water partition coefficient (Wildman–Crippen LogP) is 7.16. The Kier molecular flexibility index (Phi) is 12.6. The summed E-state index contributed by atoms with van der Waals surface area (Å²) in [6.07, 6.45) is 6.33. The van der Waals surface area contributed by atoms with E-state index < -0.39 is 0 Å². The third kappa shape index (κ3) is 11.7. The van der Waals surface area contributed by atoms with Crippen LogP contribution in [-0.2, 0) is 9.59 Å². The van der Waals surface area contributed by atoms with Crippen LogP contribution in [0.5, 0.6) is 5.75 Å². The van der Waals surface area contributed by atoms with Crippen molar-refractivity contribution in [2.45, 2.75) is 99.8 Å². The molecule has 0 saturated carbocycles. The van der Waals surface area contributed by atoms with Gasteiger partial charge in [-0.2, -0.15) is 0 Å². The summed E-state index contributed by atoms with van der Waals surface area (Å²) in [7, 11) is 0. The molecule has 0 bridgehead atoms. The van der Waals surface area contributed by atoms with Gasteiger partial charge in [0, 0.05) is 50.5 Å². The number of benzene rings is 1. The first kappa shape index (κ1) is 28.2. The predicted molar refractivity (Wildman–Crippen MR) is 136 cm³/mol. The summed E-state index contributed by atoms with van der Waals surface area (Å²) in [4.78, 5) is 25.8. The number of aryl methyl sites for hydroxylation is 1. The number of hydrogen-bond acceptors (Lipinski definition) is 4. The molecule has 0 radical (unpaired) electrons. The number of ether oxygens (including phenoxy) is 1. The lowest BCUT2D eigenvalue weighted by atomic mass is 9.84. The van der Waals surface area contributed by atoms with Gasteiger partial charge in [0.1, 0.15) is 17.3 Å². The second-order valence-corrected chi connectivity index (χ2v) is 10.4. The van der Waals surface area contributed by atoms with Crippen LogP contribution in [0.4, 0.5) is 5.69 Å². The fourth-order valence-corrected chi connectivity index (χ4v) is 4.12. The SMILES string of the molecule is CCC(=O)CCCN(CCCC(=O)CC)c1ccc(C)c(OCCC(C)CC(C)(C)C)c1. The number of hydrogen-bond donors (Lipinski definition) is 0. The first-order valence-corrected chi connectivity index (χ1v) is 12.6. The summed E-state index contributed by atoms with van der Waals surface area (Å²) in [6, 6.07) is 6.38. The minimum atomic E-state index is 0.309. The second-order valence-electron chi connectivity index (χ2n) is 10.4. The van der Waals surface area contributed by atoms with E-state index in [9.17, 15) is 9.59 Å². The molecule has 0 saturated heterocycles. The lowest BCUT2D eigenvalue weighted by Crippen LogP contribution is -2.26. The molecule has 1 aromatic rings. The summed E-state index contributed by atoms with van der Waals surface area (Å²) in [5.74, 6) is 2.18. The number of ketones is 2. The average molecular weight is 446 g/mol. The van der Waals surface area contributed by atoms with Gasteiger partial charge in [0.25, 0.3) is 0 Å². The quantitative estimate of drug-likeness (QED) is 0.271. The van der Waals surface area contributed by atoms with Crippen LogP contribution in [0.25, 0.3) is 0 Å². The molecule has 0 amide bonds. The van der Waals surface area contributed by atoms with Crippen molar-refractivity contribution < 1.29 is 14.3 Å². The Morgan fingerprint density at radius 2 is 1.56 bits per heavy atom. The van der Waals surface area contributed by atoms with Gasteiger partial charge < -0.3 is 9.64 Å². The Balaban J connectivity index is 2.79. The molecular weight excluding hydrogens is 398 g/mol. The lowest BCUT2D eigenvalue weighted by Gasteiger charge is -2.26. The molecule has 32 heavy (non-hydrogen) atoms. The van der Waals surface area contributed by atoms with E-state index in [-0.39, 0.29) is 0 Å². The van der Waals surface area contributed by atoms with Crippen LogP contribution >= 0.6 is 0 Å². The van der Waals surface area contributed by atoms with E-state index >= 15 is 0 Å². The number of carbonyl (C=O) groups is 2. The van der Waals surface area contributed by atoms with Gasteiger partial charge >= 0.3 is 0 Å². The Labute approximate surface area is 197 Å². The molecule has 0 aliphatic heterocycles. The zero-order chi connectivity index (χ0) is 24.1. The summed E-state index contributed by atoms with van der Waals surface area (Å²) in [5, 5.41) is 0. The fourth-order valence-electron chi connectivity index (χ4n) is 4.12. The van der Waals surface area contributed by atoms with E-state index in [1.165, 1.54) is 6.42 Å². The molecule has 4 nitrogen and oxygen atoms in total. The fraction of sp³-hybridized carbons (Fsp3) is 0.714. The van der Waals surface area contributed by atoms with Crippen LogP contribution in [0.2, 0.25) is 0 Å². The van der Waals surface area contributed by atoms with Gasteiger partial charge in [-0.25, -0.2) is 0 Å². The van der Waals surface area contributed by atoms with Gasteiger partial charge in [-0.05, 0) is 55.6 Å². The summed E-state index contributed by atoms with van der Waals surface area (Å²) >= 11 is 0. The molecule has 0 N–H and O–H groups in total. The number of Topliss-reactive ketones (excluding diaryl/α,β-unsaturated/α-hetero) is 2. The molecule has 1 unspecified atom stereocenters. The van der Waals surface area contributed by atoms with Crippen molar-refractivity contribution in [1.29, 1.82) is 0 Å². The Hall–Kier alpha value is -1.84. The van der Waals surface area contributed by atoms with Gasteiger partial charge in [0.2, 0.25) is 0 Å². The molecule has 182 valence electrons. The highest BCUT2D eigenvalue weighted by molar-refractivity contribution is 5.78. The third-order valence-corrected chi connectivity index (χ3v) is 5.92. The van der Waals surface area contributed by atoms with E-state index in [0.29, 0.717) is 48.6 Å². The van der Waals surface area contributed by atoms with E-state index in [4.69, 9.17) is 4.74 Å². The highest BCUT2D eigenvalue weighted by Gasteiger charge is 2.16. The van der Waals surface area contributed by atoms with E-state index in [1.54, 1.807) is 0 Å². The Bertz CT molecular complexity index is 683. The minimum Gasteiger partial charge on any atom is -0.493 e. The summed E-state index contributed by atoms with van der Waals surface area (Å²) in [6.45, 7) is 17.4. The first-order valence-electron chi connectivity index (χ1n) is 12.6. The standard InChI is InChI=1S/C28H47NO3/c1-8-25(30)12-10-17-29(18-11-13-26(31)9-2)24-15-14-23(4)27(20-24)32-19-16-22(3)21-28(5,6)7/h14-15,20,22H,8-13,16-19,21H2,1-7H3. The van der Waals surface area contributed by atoms with Crippen molar-refractivity contribution in [2.24, 2.45) is 11.3 Å². The molecule has 0 fully saturated rings. The first-order chi connectivity index (χ1) is 15.1. The highest BCUT2D eigenvalue weighted by atomic mass is 16.5. The largest absolute Gasteiger partial charge is 0.493 e. The molecule has 0 heterocycles. The minimum absolute atomic E-state index is 0.309. The zero-order valence-electron chi connectivity index (χ0n) is 21.8. The lowest BCUT2D eigenvalue weighted by molar-refractivity contribution is -0.119. The van der Waals surface area contributed by atoms with Crippen molar-refractivity contribution in [3.05, 3.63) is 23.8 Å². The molecule has 1 aromatic carbocycles. The normalized spacial score (nSPS) is 12.5. The summed E-state index contributed by atoms with van der Waals surface area (Å²) in [5.41, 5.74) is 2.59. The number of carbonyl (C=O) groups excluding carboxylic acids is 2. The van der Waals surface area contributed by atoms with Gasteiger partial charge in [-0.3, -0.25) is 9.59 Å². The smallest absolute Gasteiger partial charge is 0.132 e. The van der Waals surface area contributed by atoms with Gasteiger partial charge in [-0.15, -0.1) is 0 Å². The van der Waals surface area contributed by atoms with E-state index in [0.717, 1.165) is 56.0 Å². The molecule has 0 spiro atoms. The van der Waals surface area contributed by atoms with Crippen molar-refractivity contribution >= 4 is 17.3 Å². The summed E-state index contributed by atoms with van der Waals surface area (Å²) < 4.78 is 6.20. The average Bonchev–Trinajstić information content (AvgIpc) is 2.72. The second kappa shape index (κ2) is 14.3. The molecule has 0 aliphatic rings. The maximum absolute atomic E-state index is 11.7. The monoisotopic (exact) mass is 445 g/mol. The number of anilines is 1. The maximum Gasteiger partial charge on any atom is 0.132 e. The number of nitrogens with zero attached hydrogens (tertiary/aromatic N) is 1. The van der Waals surface area contributed by atoms with Crippen LogP contribution in [0.15, 0.2) is 18.2 Å². The van der Waals surface area contributed by atoms with Crippen molar-refractivity contribution in [3.63, 3.8) is 0 Å². The molecule has 1 rings (SSSR count). The Morgan fingerprint density at radius 3 is 2.06 bits per heavy atom. The van der Waals surface area contributed by atoms with Crippen LogP contribution < -0.4 is 9.64 Å². The molecule has 4 heteroatoms. The number of rotatable bonds is 16. The molecule has 1 atom stereocenters. The van der Waals surface area contributed by atoms with Crippen molar-refractivity contribution in [1.82, 2.24) is 0 Å². The topological polar surface area (TPSA) is 46.6 Å². The molecular formula is C28H47NO3. The molecule has 0 aliphatic carbocycles. The van der Waals surface area contributed by atoms with Crippen LogP contribution in [-0.4, -0.2) is 31.3 Å². The van der Waals surface area contributed by atoms with Crippen molar-refractivity contribution in [2.75, 3.05) is 24.6 Å². The third-order valence-electron chi connectivity index (χ3n) is 5.92.